The van der Waals surface area contributed by atoms with Crippen molar-refractivity contribution in [2.75, 3.05) is 12.9 Å². The molecule has 0 bridgehead atoms. The number of nitrogens with zero attached hydrogens (tertiary/aromatic N) is 1. The number of thioether (sulfide) groups is 1. The van der Waals surface area contributed by atoms with Crippen molar-refractivity contribution in [3.8, 4) is 5.75 Å². The van der Waals surface area contributed by atoms with Gasteiger partial charge in [0.1, 0.15) is 11.8 Å². The van der Waals surface area contributed by atoms with Crippen molar-refractivity contribution < 1.29 is 14.3 Å². The highest BCUT2D eigenvalue weighted by Gasteiger charge is 2.26. The van der Waals surface area contributed by atoms with Crippen LogP contribution >= 0.6 is 23.4 Å². The molecule has 0 unspecified atom stereocenters. The Morgan fingerprint density at radius 2 is 1.73 bits per heavy atom. The van der Waals surface area contributed by atoms with Gasteiger partial charge in [0, 0.05) is 22.5 Å². The molecular formula is C23H29ClN2O3S. The number of amides is 2. The molecule has 2 aromatic rings. The Morgan fingerprint density at radius 3 is 2.30 bits per heavy atom. The van der Waals surface area contributed by atoms with E-state index in [4.69, 9.17) is 16.3 Å². The van der Waals surface area contributed by atoms with Crippen LogP contribution in [-0.2, 0) is 16.1 Å². The lowest BCUT2D eigenvalue weighted by Gasteiger charge is -2.29. The second-order valence-electron chi connectivity index (χ2n) is 7.11. The molecule has 2 amide bonds. The van der Waals surface area contributed by atoms with E-state index >= 15 is 0 Å². The standard InChI is InChI=1S/C23H29ClN2O3S/c1-5-16(2)25-23(28)17(3)26(14-18-6-10-20(29-4)11-7-18)22(27)15-30-21-12-8-19(24)9-13-21/h6-13,16-17H,5,14-15H2,1-4H3,(H,25,28)/t16-,17+/m0/s1. The van der Waals surface area contributed by atoms with Crippen LogP contribution in [0.4, 0.5) is 0 Å². The van der Waals surface area contributed by atoms with E-state index in [0.717, 1.165) is 22.6 Å². The number of hydrogen-bond donors (Lipinski definition) is 1. The van der Waals surface area contributed by atoms with Gasteiger partial charge in [0.2, 0.25) is 11.8 Å². The zero-order valence-electron chi connectivity index (χ0n) is 17.9. The van der Waals surface area contributed by atoms with Crippen molar-refractivity contribution in [2.45, 2.75) is 50.7 Å². The molecule has 2 rings (SSSR count). The number of rotatable bonds is 10. The molecular weight excluding hydrogens is 420 g/mol. The van der Waals surface area contributed by atoms with Gasteiger partial charge in [-0.2, -0.15) is 0 Å². The zero-order valence-corrected chi connectivity index (χ0v) is 19.4. The molecule has 7 heteroatoms. The van der Waals surface area contributed by atoms with Crippen LogP contribution in [0.25, 0.3) is 0 Å². The second-order valence-corrected chi connectivity index (χ2v) is 8.59. The van der Waals surface area contributed by atoms with Crippen molar-refractivity contribution in [1.82, 2.24) is 10.2 Å². The van der Waals surface area contributed by atoms with Gasteiger partial charge in [0.15, 0.2) is 0 Å². The van der Waals surface area contributed by atoms with E-state index < -0.39 is 6.04 Å². The lowest BCUT2D eigenvalue weighted by Crippen LogP contribution is -2.50. The molecule has 0 spiro atoms. The summed E-state index contributed by atoms with van der Waals surface area (Å²) in [4.78, 5) is 28.4. The van der Waals surface area contributed by atoms with Gasteiger partial charge in [-0.05, 0) is 62.2 Å². The third-order valence-corrected chi connectivity index (χ3v) is 6.11. The average molecular weight is 449 g/mol. The first-order chi connectivity index (χ1) is 14.3. The van der Waals surface area contributed by atoms with Crippen LogP contribution in [0.3, 0.4) is 0 Å². The monoisotopic (exact) mass is 448 g/mol. The van der Waals surface area contributed by atoms with Gasteiger partial charge < -0.3 is 15.0 Å². The lowest BCUT2D eigenvalue weighted by molar-refractivity contribution is -0.138. The molecule has 0 aliphatic heterocycles. The molecule has 0 radical (unpaired) electrons. The molecule has 0 fully saturated rings. The fraction of sp³-hybridized carbons (Fsp3) is 0.391. The number of benzene rings is 2. The lowest BCUT2D eigenvalue weighted by atomic mass is 10.1. The molecule has 0 aromatic heterocycles. The predicted octanol–water partition coefficient (Wildman–Crippen LogP) is 4.77. The van der Waals surface area contributed by atoms with E-state index in [1.54, 1.807) is 31.1 Å². The Balaban J connectivity index is 2.14. The number of methoxy groups -OCH3 is 1. The van der Waals surface area contributed by atoms with Gasteiger partial charge >= 0.3 is 0 Å². The number of hydrogen-bond acceptors (Lipinski definition) is 4. The van der Waals surface area contributed by atoms with Gasteiger partial charge in [-0.1, -0.05) is 30.7 Å². The normalized spacial score (nSPS) is 12.7. The predicted molar refractivity (Wildman–Crippen MR) is 123 cm³/mol. The first-order valence-corrected chi connectivity index (χ1v) is 11.3. The van der Waals surface area contributed by atoms with Crippen molar-refractivity contribution in [1.29, 1.82) is 0 Å². The molecule has 2 atom stereocenters. The van der Waals surface area contributed by atoms with Gasteiger partial charge in [0.05, 0.1) is 12.9 Å². The summed E-state index contributed by atoms with van der Waals surface area (Å²) < 4.78 is 5.20. The van der Waals surface area contributed by atoms with Crippen LogP contribution in [0.5, 0.6) is 5.75 Å². The maximum absolute atomic E-state index is 13.1. The Morgan fingerprint density at radius 1 is 1.10 bits per heavy atom. The molecule has 0 saturated heterocycles. The van der Waals surface area contributed by atoms with Crippen molar-refractivity contribution in [3.05, 3.63) is 59.1 Å². The van der Waals surface area contributed by atoms with Crippen LogP contribution in [0.2, 0.25) is 5.02 Å². The SMILES string of the molecule is CC[C@H](C)NC(=O)[C@@H](C)N(Cc1ccc(OC)cc1)C(=O)CSc1ccc(Cl)cc1. The fourth-order valence-corrected chi connectivity index (χ4v) is 3.65. The summed E-state index contributed by atoms with van der Waals surface area (Å²) in [5.74, 6) is 0.733. The summed E-state index contributed by atoms with van der Waals surface area (Å²) >= 11 is 7.36. The summed E-state index contributed by atoms with van der Waals surface area (Å²) in [5.41, 5.74) is 0.934. The Labute approximate surface area is 188 Å². The molecule has 0 aliphatic carbocycles. The molecule has 0 aliphatic rings. The molecule has 0 heterocycles. The van der Waals surface area contributed by atoms with Crippen molar-refractivity contribution >= 4 is 35.2 Å². The van der Waals surface area contributed by atoms with Crippen LogP contribution in [0.1, 0.15) is 32.8 Å². The van der Waals surface area contributed by atoms with E-state index in [1.165, 1.54) is 11.8 Å². The number of carbonyl (C=O) groups excluding carboxylic acids is 2. The summed E-state index contributed by atoms with van der Waals surface area (Å²) in [6, 6.07) is 14.3. The first-order valence-electron chi connectivity index (χ1n) is 9.95. The van der Waals surface area contributed by atoms with Crippen LogP contribution in [0, 0.1) is 0 Å². The van der Waals surface area contributed by atoms with Crippen molar-refractivity contribution in [2.24, 2.45) is 0 Å². The fourth-order valence-electron chi connectivity index (χ4n) is 2.73. The summed E-state index contributed by atoms with van der Waals surface area (Å²) in [5, 5.41) is 3.63. The van der Waals surface area contributed by atoms with Crippen LogP contribution in [0.15, 0.2) is 53.4 Å². The highest BCUT2D eigenvalue weighted by Crippen LogP contribution is 2.22. The summed E-state index contributed by atoms with van der Waals surface area (Å²) in [6.45, 7) is 6.08. The molecule has 1 N–H and O–H groups in total. The average Bonchev–Trinajstić information content (AvgIpc) is 2.76. The molecule has 5 nitrogen and oxygen atoms in total. The number of carbonyl (C=O) groups is 2. The minimum atomic E-state index is -0.584. The topological polar surface area (TPSA) is 58.6 Å². The first kappa shape index (κ1) is 24.1. The zero-order chi connectivity index (χ0) is 22.1. The third-order valence-electron chi connectivity index (χ3n) is 4.86. The van der Waals surface area contributed by atoms with Gasteiger partial charge in [-0.25, -0.2) is 0 Å². The maximum Gasteiger partial charge on any atom is 0.242 e. The van der Waals surface area contributed by atoms with E-state index in [-0.39, 0.29) is 23.6 Å². The Kier molecular flexibility index (Phi) is 9.53. The van der Waals surface area contributed by atoms with E-state index in [1.807, 2.05) is 50.2 Å². The smallest absolute Gasteiger partial charge is 0.242 e. The quantitative estimate of drug-likeness (QED) is 0.532. The molecule has 0 saturated carbocycles. The van der Waals surface area contributed by atoms with Gasteiger partial charge in [0.25, 0.3) is 0 Å². The minimum absolute atomic E-state index is 0.0568. The summed E-state index contributed by atoms with van der Waals surface area (Å²) in [7, 11) is 1.61. The van der Waals surface area contributed by atoms with Gasteiger partial charge in [-0.15, -0.1) is 11.8 Å². The highest BCUT2D eigenvalue weighted by atomic mass is 35.5. The maximum atomic E-state index is 13.1. The Hall–Kier alpha value is -2.18. The molecule has 162 valence electrons. The van der Waals surface area contributed by atoms with Crippen LogP contribution in [-0.4, -0.2) is 41.7 Å². The number of ether oxygens (including phenoxy) is 1. The van der Waals surface area contributed by atoms with E-state index in [9.17, 15) is 9.59 Å². The summed E-state index contributed by atoms with van der Waals surface area (Å²) in [6.07, 6.45) is 0.831. The van der Waals surface area contributed by atoms with Gasteiger partial charge in [-0.3, -0.25) is 9.59 Å². The number of halogens is 1. The largest absolute Gasteiger partial charge is 0.497 e. The third kappa shape index (κ3) is 7.26. The van der Waals surface area contributed by atoms with Crippen molar-refractivity contribution in [3.63, 3.8) is 0 Å². The van der Waals surface area contributed by atoms with Crippen LogP contribution < -0.4 is 10.1 Å². The molecule has 2 aromatic carbocycles. The molecule has 30 heavy (non-hydrogen) atoms. The Bertz CT molecular complexity index is 827. The highest BCUT2D eigenvalue weighted by molar-refractivity contribution is 8.00. The second kappa shape index (κ2) is 11.9. The van der Waals surface area contributed by atoms with E-state index in [0.29, 0.717) is 11.6 Å². The minimum Gasteiger partial charge on any atom is -0.497 e. The van der Waals surface area contributed by atoms with E-state index in [2.05, 4.69) is 5.32 Å². The number of nitrogens with one attached hydrogen (secondary N) is 1.